The van der Waals surface area contributed by atoms with Gasteiger partial charge in [-0.15, -0.1) is 11.3 Å². The van der Waals surface area contributed by atoms with E-state index in [1.165, 1.54) is 16.2 Å². The van der Waals surface area contributed by atoms with Gasteiger partial charge in [0, 0.05) is 23.3 Å². The summed E-state index contributed by atoms with van der Waals surface area (Å²) in [6, 6.07) is 2.96. The zero-order valence-corrected chi connectivity index (χ0v) is 11.7. The van der Waals surface area contributed by atoms with E-state index in [4.69, 9.17) is 4.74 Å². The number of ether oxygens (including phenoxy) is 1. The first-order valence-electron chi connectivity index (χ1n) is 6.05. The van der Waals surface area contributed by atoms with E-state index < -0.39 is 22.9 Å². The maximum Gasteiger partial charge on any atom is 0.316 e. The Morgan fingerprint density at radius 1 is 1.60 bits per heavy atom. The van der Waals surface area contributed by atoms with E-state index in [0.717, 1.165) is 4.88 Å². The van der Waals surface area contributed by atoms with Crippen LogP contribution in [0.3, 0.4) is 0 Å². The number of nitrogens with zero attached hydrogens (tertiary/aromatic N) is 2. The molecule has 1 heterocycles. The average molecular weight is 298 g/mol. The second kappa shape index (κ2) is 6.00. The zero-order chi connectivity index (χ0) is 14.7. The smallest absolute Gasteiger partial charge is 0.316 e. The third-order valence-corrected chi connectivity index (χ3v) is 3.93. The molecule has 1 aromatic rings. The molecule has 1 aliphatic carbocycles. The molecule has 2 unspecified atom stereocenters. The van der Waals surface area contributed by atoms with Crippen molar-refractivity contribution in [1.29, 1.82) is 0 Å². The number of amides is 1. The highest BCUT2D eigenvalue weighted by atomic mass is 32.1. The number of likely N-dealkylation sites (N-methyl/N-ethyl adjacent to an activating group) is 1. The minimum Gasteiger partial charge on any atom is -0.455 e. The van der Waals surface area contributed by atoms with Crippen molar-refractivity contribution in [2.75, 3.05) is 13.7 Å². The molecule has 0 N–H and O–H groups in total. The van der Waals surface area contributed by atoms with E-state index in [0.29, 0.717) is 6.54 Å². The molecule has 20 heavy (non-hydrogen) atoms. The topological polar surface area (TPSA) is 89.8 Å². The van der Waals surface area contributed by atoms with Gasteiger partial charge in [-0.25, -0.2) is 0 Å². The van der Waals surface area contributed by atoms with E-state index in [9.17, 15) is 19.7 Å². The van der Waals surface area contributed by atoms with E-state index in [2.05, 4.69) is 0 Å². The van der Waals surface area contributed by atoms with Gasteiger partial charge in [0.05, 0.1) is 6.54 Å². The van der Waals surface area contributed by atoms with Gasteiger partial charge < -0.3 is 9.64 Å². The summed E-state index contributed by atoms with van der Waals surface area (Å²) in [7, 11) is 1.62. The van der Waals surface area contributed by atoms with Gasteiger partial charge in [-0.3, -0.25) is 19.7 Å². The highest BCUT2D eigenvalue weighted by Crippen LogP contribution is 2.34. The van der Waals surface area contributed by atoms with Crippen LogP contribution < -0.4 is 0 Å². The molecule has 1 aromatic heterocycles. The lowest BCUT2D eigenvalue weighted by Crippen LogP contribution is -2.31. The van der Waals surface area contributed by atoms with Gasteiger partial charge in [0.2, 0.25) is 6.04 Å². The fourth-order valence-electron chi connectivity index (χ4n) is 1.74. The molecular weight excluding hydrogens is 284 g/mol. The first-order chi connectivity index (χ1) is 9.49. The molecule has 1 fully saturated rings. The zero-order valence-electron chi connectivity index (χ0n) is 10.9. The number of esters is 1. The molecular formula is C12H14N2O5S. The van der Waals surface area contributed by atoms with Crippen LogP contribution in [0.4, 0.5) is 0 Å². The molecule has 7 nitrogen and oxygen atoms in total. The number of thiophene rings is 1. The lowest BCUT2D eigenvalue weighted by atomic mass is 10.4. The van der Waals surface area contributed by atoms with E-state index >= 15 is 0 Å². The summed E-state index contributed by atoms with van der Waals surface area (Å²) in [5.41, 5.74) is 0. The Labute approximate surface area is 119 Å². The van der Waals surface area contributed by atoms with Crippen molar-refractivity contribution >= 4 is 23.2 Å². The van der Waals surface area contributed by atoms with Gasteiger partial charge in [-0.05, 0) is 11.4 Å². The van der Waals surface area contributed by atoms with Crippen molar-refractivity contribution in [3.63, 3.8) is 0 Å². The molecule has 2 rings (SSSR count). The Morgan fingerprint density at radius 3 is 2.90 bits per heavy atom. The van der Waals surface area contributed by atoms with Crippen LogP contribution in [-0.2, 0) is 20.9 Å². The van der Waals surface area contributed by atoms with Crippen molar-refractivity contribution in [1.82, 2.24) is 4.90 Å². The monoisotopic (exact) mass is 298 g/mol. The lowest BCUT2D eigenvalue weighted by molar-refractivity contribution is -0.497. The van der Waals surface area contributed by atoms with Crippen molar-refractivity contribution in [2.45, 2.75) is 19.0 Å². The normalized spacial score (nSPS) is 20.2. The van der Waals surface area contributed by atoms with Crippen LogP contribution in [0.5, 0.6) is 0 Å². The summed E-state index contributed by atoms with van der Waals surface area (Å²) in [4.78, 5) is 35.6. The summed E-state index contributed by atoms with van der Waals surface area (Å²) in [5, 5.41) is 12.3. The van der Waals surface area contributed by atoms with Crippen LogP contribution in [0.2, 0.25) is 0 Å². The standard InChI is InChI=1S/C12H14N2O5S/c1-13(6-8-3-2-4-20-8)11(15)7-19-12(16)9-5-10(9)14(17)18/h2-4,9-10H,5-7H2,1H3. The molecule has 0 bridgehead atoms. The van der Waals surface area contributed by atoms with Crippen molar-refractivity contribution in [2.24, 2.45) is 5.92 Å². The van der Waals surface area contributed by atoms with Crippen LogP contribution in [0.15, 0.2) is 17.5 Å². The molecule has 8 heteroatoms. The van der Waals surface area contributed by atoms with Crippen LogP contribution >= 0.6 is 11.3 Å². The largest absolute Gasteiger partial charge is 0.455 e. The van der Waals surface area contributed by atoms with Crippen LogP contribution in [0.25, 0.3) is 0 Å². The quantitative estimate of drug-likeness (QED) is 0.442. The molecule has 2 atom stereocenters. The Balaban J connectivity index is 1.72. The average Bonchev–Trinajstić information content (AvgIpc) is 3.07. The maximum atomic E-state index is 11.8. The van der Waals surface area contributed by atoms with Crippen LogP contribution in [0.1, 0.15) is 11.3 Å². The molecule has 0 aromatic carbocycles. The number of carbonyl (C=O) groups is 2. The van der Waals surface area contributed by atoms with Crippen molar-refractivity contribution in [3.05, 3.63) is 32.5 Å². The fourth-order valence-corrected chi connectivity index (χ4v) is 2.50. The second-order valence-corrected chi connectivity index (χ2v) is 5.66. The number of carbonyl (C=O) groups excluding carboxylic acids is 2. The molecule has 1 saturated carbocycles. The predicted molar refractivity (Wildman–Crippen MR) is 70.6 cm³/mol. The number of hydrogen-bond donors (Lipinski definition) is 0. The number of rotatable bonds is 6. The Kier molecular flexibility index (Phi) is 4.33. The van der Waals surface area contributed by atoms with Crippen molar-refractivity contribution in [3.8, 4) is 0 Å². The summed E-state index contributed by atoms with van der Waals surface area (Å²) in [6.45, 7) is 0.0800. The predicted octanol–water partition coefficient (Wildman–Crippen LogP) is 0.915. The Bertz CT molecular complexity index is 516. The highest BCUT2D eigenvalue weighted by Gasteiger charge is 2.54. The van der Waals surface area contributed by atoms with Crippen LogP contribution in [0, 0.1) is 16.0 Å². The van der Waals surface area contributed by atoms with Gasteiger partial charge in [0.1, 0.15) is 5.92 Å². The Morgan fingerprint density at radius 2 is 2.35 bits per heavy atom. The summed E-state index contributed by atoms with van der Waals surface area (Å²) in [5.74, 6) is -1.69. The molecule has 108 valence electrons. The first kappa shape index (κ1) is 14.4. The van der Waals surface area contributed by atoms with E-state index in [1.807, 2.05) is 17.5 Å². The number of hydrogen-bond acceptors (Lipinski definition) is 6. The van der Waals surface area contributed by atoms with Gasteiger partial charge in [-0.2, -0.15) is 0 Å². The SMILES string of the molecule is CN(Cc1cccs1)C(=O)COC(=O)C1CC1[N+](=O)[O-]. The molecule has 1 aliphatic rings. The molecule has 1 amide bonds. The molecule has 0 aliphatic heterocycles. The van der Waals surface area contributed by atoms with E-state index in [-0.39, 0.29) is 18.9 Å². The Hall–Kier alpha value is -1.96. The third-order valence-electron chi connectivity index (χ3n) is 3.07. The fraction of sp³-hybridized carbons (Fsp3) is 0.500. The summed E-state index contributed by atoms with van der Waals surface area (Å²) < 4.78 is 4.82. The highest BCUT2D eigenvalue weighted by molar-refractivity contribution is 7.09. The minimum absolute atomic E-state index is 0.199. The third kappa shape index (κ3) is 3.53. The van der Waals surface area contributed by atoms with Gasteiger partial charge in [-0.1, -0.05) is 6.07 Å². The van der Waals surface area contributed by atoms with Gasteiger partial charge >= 0.3 is 5.97 Å². The lowest BCUT2D eigenvalue weighted by Gasteiger charge is -2.15. The van der Waals surface area contributed by atoms with Gasteiger partial charge in [0.25, 0.3) is 5.91 Å². The molecule has 0 spiro atoms. The molecule has 0 saturated heterocycles. The number of nitro groups is 1. The molecule has 0 radical (unpaired) electrons. The summed E-state index contributed by atoms with van der Waals surface area (Å²) >= 11 is 1.53. The first-order valence-corrected chi connectivity index (χ1v) is 6.93. The van der Waals surface area contributed by atoms with E-state index in [1.54, 1.807) is 7.05 Å². The minimum atomic E-state index is -0.846. The van der Waals surface area contributed by atoms with Crippen LogP contribution in [-0.4, -0.2) is 41.4 Å². The summed E-state index contributed by atoms with van der Waals surface area (Å²) in [6.07, 6.45) is 0.199. The van der Waals surface area contributed by atoms with Gasteiger partial charge in [0.15, 0.2) is 6.61 Å². The second-order valence-electron chi connectivity index (χ2n) is 4.63. The van der Waals surface area contributed by atoms with Crippen molar-refractivity contribution < 1.29 is 19.2 Å². The maximum absolute atomic E-state index is 11.8.